The molecule has 5 heterocycles. The van der Waals surface area contributed by atoms with Crippen molar-refractivity contribution in [2.45, 2.75) is 32.2 Å². The first-order valence-electron chi connectivity index (χ1n) is 12.5. The van der Waals surface area contributed by atoms with Crippen LogP contribution in [0.5, 0.6) is 0 Å². The number of carbonyl (C=O) groups is 1. The van der Waals surface area contributed by atoms with Gasteiger partial charge in [-0.25, -0.2) is 9.79 Å². The lowest BCUT2D eigenvalue weighted by atomic mass is 10.0. The molecule has 3 aliphatic rings. The van der Waals surface area contributed by atoms with Crippen molar-refractivity contribution in [3.05, 3.63) is 59.1 Å². The van der Waals surface area contributed by atoms with Crippen molar-refractivity contribution >= 4 is 23.1 Å². The summed E-state index contributed by atoms with van der Waals surface area (Å²) in [6, 6.07) is 10.6. The summed E-state index contributed by atoms with van der Waals surface area (Å²) in [6.45, 7) is 8.67. The number of carboxylic acid groups (broad SMARTS) is 1. The molecule has 0 spiro atoms. The van der Waals surface area contributed by atoms with E-state index in [0.29, 0.717) is 6.54 Å². The Kier molecular flexibility index (Phi) is 5.70. The first-order chi connectivity index (χ1) is 17.4. The molecule has 36 heavy (non-hydrogen) atoms. The summed E-state index contributed by atoms with van der Waals surface area (Å²) < 4.78 is 6.27. The van der Waals surface area contributed by atoms with Gasteiger partial charge in [-0.05, 0) is 49.9 Å². The number of aliphatic carboxylic acids is 1. The van der Waals surface area contributed by atoms with Crippen molar-refractivity contribution in [2.24, 2.45) is 4.99 Å². The minimum Gasteiger partial charge on any atom is -0.478 e. The van der Waals surface area contributed by atoms with Crippen LogP contribution in [0.2, 0.25) is 0 Å². The topological polar surface area (TPSA) is 100 Å². The summed E-state index contributed by atoms with van der Waals surface area (Å²) in [6.07, 6.45) is 3.85. The number of furan rings is 1. The van der Waals surface area contributed by atoms with Gasteiger partial charge in [0.05, 0.1) is 12.1 Å². The van der Waals surface area contributed by atoms with E-state index in [2.05, 4.69) is 67.4 Å². The maximum absolute atomic E-state index is 11.2. The minimum absolute atomic E-state index is 0.160. The highest BCUT2D eigenvalue weighted by Crippen LogP contribution is 2.34. The van der Waals surface area contributed by atoms with E-state index in [9.17, 15) is 9.90 Å². The summed E-state index contributed by atoms with van der Waals surface area (Å²) in [5.74, 6) is 0.222. The number of likely N-dealkylation sites (N-methyl/N-ethyl adjacent to an activating group) is 1. The zero-order valence-electron chi connectivity index (χ0n) is 20.8. The number of nitrogens with one attached hydrogen (secondary N) is 2. The van der Waals surface area contributed by atoms with Crippen LogP contribution >= 0.6 is 0 Å². The zero-order valence-corrected chi connectivity index (χ0v) is 20.8. The molecule has 188 valence electrons. The lowest BCUT2D eigenvalue weighted by Crippen LogP contribution is -2.56. The number of nitrogens with zero attached hydrogens (tertiary/aromatic N) is 4. The molecule has 9 heteroatoms. The second kappa shape index (κ2) is 8.92. The maximum atomic E-state index is 11.2. The Morgan fingerprint density at radius 3 is 2.75 bits per heavy atom. The number of fused-ring (bicyclic) bond motifs is 3. The van der Waals surface area contributed by atoms with Crippen LogP contribution in [0.25, 0.3) is 22.2 Å². The lowest BCUT2D eigenvalue weighted by molar-refractivity contribution is -0.132. The molecule has 3 N–H and O–H groups in total. The summed E-state index contributed by atoms with van der Waals surface area (Å²) in [5, 5.41) is 13.6. The molecule has 1 saturated heterocycles. The van der Waals surface area contributed by atoms with Gasteiger partial charge in [0.15, 0.2) is 5.79 Å². The number of aromatic amines is 1. The van der Waals surface area contributed by atoms with E-state index >= 15 is 0 Å². The summed E-state index contributed by atoms with van der Waals surface area (Å²) in [5.41, 5.74) is 4.85. The van der Waals surface area contributed by atoms with Crippen molar-refractivity contribution in [1.82, 2.24) is 25.0 Å². The van der Waals surface area contributed by atoms with Crippen molar-refractivity contribution in [3.8, 4) is 11.3 Å². The highest BCUT2D eigenvalue weighted by atomic mass is 16.4. The van der Waals surface area contributed by atoms with Gasteiger partial charge < -0.3 is 24.7 Å². The van der Waals surface area contributed by atoms with Crippen LogP contribution in [0.3, 0.4) is 0 Å². The number of aromatic nitrogens is 1. The number of aliphatic imine (C=N–C) groups is 1. The summed E-state index contributed by atoms with van der Waals surface area (Å²) >= 11 is 0. The summed E-state index contributed by atoms with van der Waals surface area (Å²) in [7, 11) is 2.17. The van der Waals surface area contributed by atoms with E-state index in [-0.39, 0.29) is 5.57 Å². The predicted octanol–water partition coefficient (Wildman–Crippen LogP) is 2.85. The Labute approximate surface area is 210 Å². The molecular weight excluding hydrogens is 456 g/mol. The first-order valence-corrected chi connectivity index (χ1v) is 12.5. The fourth-order valence-electron chi connectivity index (χ4n) is 5.36. The molecule has 1 fully saturated rings. The normalized spacial score (nSPS) is 23.4. The molecule has 0 amide bonds. The molecule has 6 rings (SSSR count). The molecule has 3 aromatic rings. The Bertz CT molecular complexity index is 1360. The van der Waals surface area contributed by atoms with Crippen LogP contribution in [0.15, 0.2) is 51.5 Å². The monoisotopic (exact) mass is 488 g/mol. The number of rotatable bonds is 5. The molecule has 9 nitrogen and oxygen atoms in total. The fourth-order valence-corrected chi connectivity index (χ4v) is 5.36. The largest absolute Gasteiger partial charge is 0.478 e. The molecule has 1 aromatic carbocycles. The number of benzene rings is 1. The molecule has 0 aliphatic carbocycles. The minimum atomic E-state index is -0.983. The van der Waals surface area contributed by atoms with Crippen molar-refractivity contribution in [1.29, 1.82) is 0 Å². The quantitative estimate of drug-likeness (QED) is 0.508. The Balaban J connectivity index is 1.22. The van der Waals surface area contributed by atoms with Crippen LogP contribution in [0.1, 0.15) is 23.9 Å². The van der Waals surface area contributed by atoms with Gasteiger partial charge >= 0.3 is 5.97 Å². The van der Waals surface area contributed by atoms with Crippen LogP contribution in [-0.4, -0.2) is 82.5 Å². The van der Waals surface area contributed by atoms with Crippen LogP contribution in [0, 0.1) is 0 Å². The molecule has 3 aliphatic heterocycles. The molecule has 0 saturated carbocycles. The van der Waals surface area contributed by atoms with Gasteiger partial charge in [0, 0.05) is 80.3 Å². The van der Waals surface area contributed by atoms with Crippen LogP contribution in [-0.2, 0) is 24.3 Å². The maximum Gasteiger partial charge on any atom is 0.338 e. The lowest BCUT2D eigenvalue weighted by Gasteiger charge is -2.41. The van der Waals surface area contributed by atoms with Gasteiger partial charge in [0.25, 0.3) is 0 Å². The highest BCUT2D eigenvalue weighted by Gasteiger charge is 2.35. The van der Waals surface area contributed by atoms with Gasteiger partial charge in [-0.1, -0.05) is 0 Å². The van der Waals surface area contributed by atoms with Crippen molar-refractivity contribution in [2.75, 3.05) is 39.8 Å². The Morgan fingerprint density at radius 1 is 1.17 bits per heavy atom. The summed E-state index contributed by atoms with van der Waals surface area (Å²) in [4.78, 5) is 26.5. The Morgan fingerprint density at radius 2 is 2.00 bits per heavy atom. The smallest absolute Gasteiger partial charge is 0.338 e. The molecule has 1 unspecified atom stereocenters. The van der Waals surface area contributed by atoms with Crippen molar-refractivity contribution < 1.29 is 14.3 Å². The molecular formula is C27H32N6O3. The highest BCUT2D eigenvalue weighted by molar-refractivity contribution is 6.08. The van der Waals surface area contributed by atoms with Gasteiger partial charge in [-0.2, -0.15) is 0 Å². The van der Waals surface area contributed by atoms with Gasteiger partial charge in [-0.15, -0.1) is 0 Å². The molecule has 0 radical (unpaired) electrons. The number of hydrogen-bond acceptors (Lipinski definition) is 7. The SMILES string of the molecule is CN1CCN(Cc2ccc(-c3ccc4[nH]c5c(c4c3)CN(C3(C)N=CC(C(=O)O)=CN3)CC5)o2)CC1. The van der Waals surface area contributed by atoms with Crippen LogP contribution < -0.4 is 5.32 Å². The standard InChI is InChI=1S/C27H32N6O3/c1-27(28-14-19(15-29-27)26(34)35)33-8-7-24-22(17-33)21-13-18(3-5-23(21)30-24)25-6-4-20(36-25)16-32-11-9-31(2)10-12-32/h3-6,13-15,28,30H,7-12,16-17H2,1-2H3,(H,34,35). The van der Waals surface area contributed by atoms with Gasteiger partial charge in [0.1, 0.15) is 11.5 Å². The number of hydrogen-bond donors (Lipinski definition) is 3. The van der Waals surface area contributed by atoms with E-state index in [1.54, 1.807) is 0 Å². The third-order valence-electron chi connectivity index (χ3n) is 7.72. The molecule has 1 atom stereocenters. The average Bonchev–Trinajstić information content (AvgIpc) is 3.49. The van der Waals surface area contributed by atoms with Gasteiger partial charge in [-0.3, -0.25) is 9.80 Å². The number of piperazine rings is 1. The first kappa shape index (κ1) is 23.0. The molecule has 0 bridgehead atoms. The Hall–Kier alpha value is -3.40. The average molecular weight is 489 g/mol. The van der Waals surface area contributed by atoms with Gasteiger partial charge in [0.2, 0.25) is 0 Å². The van der Waals surface area contributed by atoms with Crippen LogP contribution in [0.4, 0.5) is 0 Å². The number of carboxylic acids is 1. The second-order valence-corrected chi connectivity index (χ2v) is 10.2. The molecule has 2 aromatic heterocycles. The van der Waals surface area contributed by atoms with E-state index < -0.39 is 11.8 Å². The van der Waals surface area contributed by atoms with Crippen molar-refractivity contribution in [3.63, 3.8) is 0 Å². The predicted molar refractivity (Wildman–Crippen MR) is 139 cm³/mol. The zero-order chi connectivity index (χ0) is 24.9. The van der Waals surface area contributed by atoms with E-state index in [1.807, 2.05) is 6.92 Å². The third kappa shape index (κ3) is 4.23. The fraction of sp³-hybridized carbons (Fsp3) is 0.407. The van der Waals surface area contributed by atoms with E-state index in [0.717, 1.165) is 68.3 Å². The number of H-pyrrole nitrogens is 1. The van der Waals surface area contributed by atoms with E-state index in [1.165, 1.54) is 29.1 Å². The third-order valence-corrected chi connectivity index (χ3v) is 7.72. The van der Waals surface area contributed by atoms with E-state index in [4.69, 9.17) is 4.42 Å². The second-order valence-electron chi connectivity index (χ2n) is 10.2.